The lowest BCUT2D eigenvalue weighted by molar-refractivity contribution is 0.102. The number of aromatic nitrogens is 3. The lowest BCUT2D eigenvalue weighted by Gasteiger charge is -2.07. The Labute approximate surface area is 197 Å². The van der Waals surface area contributed by atoms with Gasteiger partial charge in [0.05, 0.1) is 10.6 Å². The average Bonchev–Trinajstić information content (AvgIpc) is 3.52. The molecule has 0 radical (unpaired) electrons. The molecule has 11 heteroatoms. The molecule has 0 saturated heterocycles. The SMILES string of the molecule is Cc1ccc(-c2cn3c(C(=O)Nc4ccc(S(=O)(=O)Nc5nccs5)cc4)csc3n2)cc1. The quantitative estimate of drug-likeness (QED) is 0.349. The Balaban J connectivity index is 1.34. The third kappa shape index (κ3) is 4.38. The van der Waals surface area contributed by atoms with Crippen molar-refractivity contribution >= 4 is 54.4 Å². The summed E-state index contributed by atoms with van der Waals surface area (Å²) in [7, 11) is -3.75. The van der Waals surface area contributed by atoms with Crippen LogP contribution in [0.2, 0.25) is 0 Å². The molecule has 5 rings (SSSR count). The summed E-state index contributed by atoms with van der Waals surface area (Å²) in [6.45, 7) is 2.03. The predicted octanol–water partition coefficient (Wildman–Crippen LogP) is 4.88. The van der Waals surface area contributed by atoms with Crippen LogP contribution in [0.5, 0.6) is 0 Å². The monoisotopic (exact) mass is 495 g/mol. The average molecular weight is 496 g/mol. The first-order valence-electron chi connectivity index (χ1n) is 9.76. The summed E-state index contributed by atoms with van der Waals surface area (Å²) in [4.78, 5) is 22.2. The van der Waals surface area contributed by atoms with E-state index in [9.17, 15) is 13.2 Å². The molecule has 2 aromatic carbocycles. The lowest BCUT2D eigenvalue weighted by Crippen LogP contribution is -2.15. The van der Waals surface area contributed by atoms with Crippen molar-refractivity contribution in [1.29, 1.82) is 0 Å². The van der Waals surface area contributed by atoms with E-state index in [0.29, 0.717) is 21.5 Å². The molecule has 0 aliphatic rings. The van der Waals surface area contributed by atoms with E-state index in [2.05, 4.69) is 20.0 Å². The molecule has 0 aliphatic carbocycles. The summed E-state index contributed by atoms with van der Waals surface area (Å²) in [5.74, 6) is -0.314. The van der Waals surface area contributed by atoms with Crippen molar-refractivity contribution in [2.24, 2.45) is 0 Å². The highest BCUT2D eigenvalue weighted by Gasteiger charge is 2.18. The fraction of sp³-hybridized carbons (Fsp3) is 0.0455. The number of nitrogens with one attached hydrogen (secondary N) is 2. The second kappa shape index (κ2) is 8.43. The molecule has 5 aromatic rings. The number of carbonyl (C=O) groups is 1. The Bertz CT molecular complexity index is 1540. The molecule has 8 nitrogen and oxygen atoms in total. The number of imidazole rings is 1. The predicted molar refractivity (Wildman–Crippen MR) is 131 cm³/mol. The maximum atomic E-state index is 12.9. The van der Waals surface area contributed by atoms with E-state index in [1.54, 1.807) is 27.3 Å². The zero-order valence-electron chi connectivity index (χ0n) is 17.2. The van der Waals surface area contributed by atoms with Crippen molar-refractivity contribution in [3.63, 3.8) is 0 Å². The van der Waals surface area contributed by atoms with Gasteiger partial charge in [0.2, 0.25) is 0 Å². The largest absolute Gasteiger partial charge is 0.321 e. The molecular weight excluding hydrogens is 478 g/mol. The molecule has 3 heterocycles. The first-order valence-corrected chi connectivity index (χ1v) is 13.0. The summed E-state index contributed by atoms with van der Waals surface area (Å²) >= 11 is 2.57. The van der Waals surface area contributed by atoms with Crippen molar-refractivity contribution < 1.29 is 13.2 Å². The zero-order valence-corrected chi connectivity index (χ0v) is 19.7. The standard InChI is InChI=1S/C22H17N5O3S3/c1-14-2-4-15(5-3-14)18-12-27-19(13-32-22(27)25-18)20(28)24-16-6-8-17(9-7-16)33(29,30)26-21-23-10-11-31-21/h2-13H,1H3,(H,23,26)(H,24,28). The Morgan fingerprint density at radius 3 is 2.48 bits per heavy atom. The van der Waals surface area contributed by atoms with Gasteiger partial charge in [-0.05, 0) is 31.2 Å². The topological polar surface area (TPSA) is 105 Å². The van der Waals surface area contributed by atoms with Crippen molar-refractivity contribution in [2.75, 3.05) is 10.0 Å². The van der Waals surface area contributed by atoms with Crippen molar-refractivity contribution in [2.45, 2.75) is 11.8 Å². The van der Waals surface area contributed by atoms with E-state index in [1.165, 1.54) is 41.0 Å². The fourth-order valence-electron chi connectivity index (χ4n) is 3.17. The van der Waals surface area contributed by atoms with Crippen LogP contribution < -0.4 is 10.0 Å². The van der Waals surface area contributed by atoms with Crippen molar-refractivity contribution in [3.05, 3.63) is 82.9 Å². The fourth-order valence-corrected chi connectivity index (χ4v) is 5.81. The van der Waals surface area contributed by atoms with Crippen LogP contribution in [-0.4, -0.2) is 28.7 Å². The molecule has 1 amide bonds. The number of thiazole rings is 2. The number of anilines is 2. The zero-order chi connectivity index (χ0) is 23.0. The third-order valence-corrected chi connectivity index (χ3v) is 7.88. The van der Waals surface area contributed by atoms with Gasteiger partial charge in [0.15, 0.2) is 10.1 Å². The van der Waals surface area contributed by atoms with Gasteiger partial charge in [-0.1, -0.05) is 29.8 Å². The minimum absolute atomic E-state index is 0.0750. The Morgan fingerprint density at radius 2 is 1.79 bits per heavy atom. The Morgan fingerprint density at radius 1 is 1.03 bits per heavy atom. The molecule has 0 unspecified atom stereocenters. The Hall–Kier alpha value is -3.54. The number of rotatable bonds is 6. The van der Waals surface area contributed by atoms with Gasteiger partial charge >= 0.3 is 0 Å². The van der Waals surface area contributed by atoms with Gasteiger partial charge in [-0.3, -0.25) is 13.9 Å². The Kier molecular flexibility index (Phi) is 5.44. The number of hydrogen-bond donors (Lipinski definition) is 2. The molecule has 0 saturated carbocycles. The highest BCUT2D eigenvalue weighted by atomic mass is 32.2. The van der Waals surface area contributed by atoms with Gasteiger partial charge in [-0.25, -0.2) is 18.4 Å². The molecule has 0 bridgehead atoms. The molecule has 0 atom stereocenters. The number of nitrogens with zero attached hydrogens (tertiary/aromatic N) is 3. The van der Waals surface area contributed by atoms with Crippen LogP contribution in [-0.2, 0) is 10.0 Å². The summed E-state index contributed by atoms with van der Waals surface area (Å²) in [6.07, 6.45) is 3.36. The smallest absolute Gasteiger partial charge is 0.273 e. The van der Waals surface area contributed by atoms with E-state index >= 15 is 0 Å². The molecule has 166 valence electrons. The second-order valence-electron chi connectivity index (χ2n) is 7.19. The maximum absolute atomic E-state index is 12.9. The minimum Gasteiger partial charge on any atom is -0.321 e. The summed E-state index contributed by atoms with van der Waals surface area (Å²) in [6, 6.07) is 14.0. The van der Waals surface area contributed by atoms with E-state index in [0.717, 1.165) is 16.8 Å². The number of hydrogen-bond acceptors (Lipinski definition) is 7. The first kappa shape index (κ1) is 21.3. The molecule has 33 heavy (non-hydrogen) atoms. The lowest BCUT2D eigenvalue weighted by atomic mass is 10.1. The number of aryl methyl sites for hydroxylation is 1. The van der Waals surface area contributed by atoms with Gasteiger partial charge in [0.1, 0.15) is 5.69 Å². The number of amides is 1. The highest BCUT2D eigenvalue weighted by molar-refractivity contribution is 7.93. The van der Waals surface area contributed by atoms with Crippen molar-refractivity contribution in [1.82, 2.24) is 14.4 Å². The molecule has 2 N–H and O–H groups in total. The van der Waals surface area contributed by atoms with Gasteiger partial charge in [0, 0.05) is 34.4 Å². The first-order chi connectivity index (χ1) is 15.9. The molecular formula is C22H17N5O3S3. The number of carbonyl (C=O) groups excluding carboxylic acids is 1. The number of fused-ring (bicyclic) bond motifs is 1. The second-order valence-corrected chi connectivity index (χ2v) is 10.6. The minimum atomic E-state index is -3.75. The number of benzene rings is 2. The summed E-state index contributed by atoms with van der Waals surface area (Å²) < 4.78 is 29.1. The molecule has 3 aromatic heterocycles. The van der Waals surface area contributed by atoms with Crippen LogP contribution in [0.3, 0.4) is 0 Å². The van der Waals surface area contributed by atoms with Crippen LogP contribution in [0.4, 0.5) is 10.8 Å². The molecule has 0 spiro atoms. The van der Waals surface area contributed by atoms with E-state index in [4.69, 9.17) is 0 Å². The number of sulfonamides is 1. The van der Waals surface area contributed by atoms with Crippen LogP contribution in [0.25, 0.3) is 16.2 Å². The normalized spacial score (nSPS) is 11.5. The van der Waals surface area contributed by atoms with Crippen LogP contribution >= 0.6 is 22.7 Å². The van der Waals surface area contributed by atoms with Gasteiger partial charge in [-0.2, -0.15) is 0 Å². The third-order valence-electron chi connectivity index (χ3n) is 4.87. The maximum Gasteiger partial charge on any atom is 0.273 e. The summed E-state index contributed by atoms with van der Waals surface area (Å²) in [5.41, 5.74) is 3.86. The summed E-state index contributed by atoms with van der Waals surface area (Å²) in [5, 5.41) is 6.53. The van der Waals surface area contributed by atoms with Crippen molar-refractivity contribution in [3.8, 4) is 11.3 Å². The van der Waals surface area contributed by atoms with E-state index in [-0.39, 0.29) is 10.8 Å². The highest BCUT2D eigenvalue weighted by Crippen LogP contribution is 2.25. The van der Waals surface area contributed by atoms with Crippen LogP contribution in [0.1, 0.15) is 16.1 Å². The van der Waals surface area contributed by atoms with Crippen LogP contribution in [0, 0.1) is 6.92 Å². The van der Waals surface area contributed by atoms with E-state index < -0.39 is 10.0 Å². The van der Waals surface area contributed by atoms with Gasteiger partial charge in [0.25, 0.3) is 15.9 Å². The molecule has 0 aliphatic heterocycles. The van der Waals surface area contributed by atoms with Gasteiger partial charge < -0.3 is 5.32 Å². The molecule has 0 fully saturated rings. The van der Waals surface area contributed by atoms with E-state index in [1.807, 2.05) is 37.4 Å². The van der Waals surface area contributed by atoms with Gasteiger partial charge in [-0.15, -0.1) is 22.7 Å². The van der Waals surface area contributed by atoms with Crippen LogP contribution in [0.15, 0.2) is 76.6 Å².